The maximum absolute atomic E-state index is 13.3. The van der Waals surface area contributed by atoms with Crippen molar-refractivity contribution in [3.63, 3.8) is 0 Å². The van der Waals surface area contributed by atoms with Crippen LogP contribution < -0.4 is 15.2 Å². The SMILES string of the molecule is Nc1c(F)c(C(=O)O)cc2c1OCO2. The van der Waals surface area contributed by atoms with E-state index in [1.54, 1.807) is 0 Å². The third-order valence-corrected chi connectivity index (χ3v) is 1.86. The van der Waals surface area contributed by atoms with Crippen molar-refractivity contribution in [2.45, 2.75) is 0 Å². The van der Waals surface area contributed by atoms with Crippen molar-refractivity contribution in [2.24, 2.45) is 0 Å². The zero-order valence-corrected chi connectivity index (χ0v) is 6.91. The number of carboxylic acid groups (broad SMARTS) is 1. The third kappa shape index (κ3) is 1.04. The van der Waals surface area contributed by atoms with Crippen LogP contribution >= 0.6 is 0 Å². The van der Waals surface area contributed by atoms with Gasteiger partial charge < -0.3 is 20.3 Å². The summed E-state index contributed by atoms with van der Waals surface area (Å²) in [5, 5.41) is 8.63. The number of hydrogen-bond acceptors (Lipinski definition) is 4. The zero-order valence-electron chi connectivity index (χ0n) is 6.91. The Hall–Kier alpha value is -1.98. The van der Waals surface area contributed by atoms with Crippen LogP contribution in [0.5, 0.6) is 11.5 Å². The third-order valence-electron chi connectivity index (χ3n) is 1.86. The summed E-state index contributed by atoms with van der Waals surface area (Å²) in [7, 11) is 0. The summed E-state index contributed by atoms with van der Waals surface area (Å²) < 4.78 is 23.0. The van der Waals surface area contributed by atoms with Crippen molar-refractivity contribution in [3.05, 3.63) is 17.4 Å². The summed E-state index contributed by atoms with van der Waals surface area (Å²) in [6, 6.07) is 1.05. The van der Waals surface area contributed by atoms with E-state index in [0.29, 0.717) is 0 Å². The molecule has 0 aliphatic carbocycles. The largest absolute Gasteiger partial charge is 0.478 e. The second-order valence-electron chi connectivity index (χ2n) is 2.69. The molecule has 74 valence electrons. The maximum Gasteiger partial charge on any atom is 0.338 e. The van der Waals surface area contributed by atoms with Gasteiger partial charge in [0.2, 0.25) is 6.79 Å². The van der Waals surface area contributed by atoms with Gasteiger partial charge in [0, 0.05) is 6.07 Å². The van der Waals surface area contributed by atoms with Crippen LogP contribution in [0.1, 0.15) is 10.4 Å². The second kappa shape index (κ2) is 2.76. The maximum atomic E-state index is 13.3. The first kappa shape index (κ1) is 8.61. The quantitative estimate of drug-likeness (QED) is 0.655. The molecule has 2 rings (SSSR count). The van der Waals surface area contributed by atoms with Gasteiger partial charge in [-0.2, -0.15) is 0 Å². The van der Waals surface area contributed by atoms with Gasteiger partial charge >= 0.3 is 5.97 Å². The molecule has 0 saturated heterocycles. The van der Waals surface area contributed by atoms with Crippen molar-refractivity contribution in [1.29, 1.82) is 0 Å². The van der Waals surface area contributed by atoms with E-state index in [-0.39, 0.29) is 24.0 Å². The van der Waals surface area contributed by atoms with Crippen LogP contribution in [0.3, 0.4) is 0 Å². The molecule has 14 heavy (non-hydrogen) atoms. The fourth-order valence-corrected chi connectivity index (χ4v) is 1.20. The molecule has 1 aliphatic heterocycles. The Labute approximate surface area is 77.8 Å². The predicted molar refractivity (Wildman–Crippen MR) is 43.9 cm³/mol. The Balaban J connectivity index is 2.67. The Morgan fingerprint density at radius 1 is 1.57 bits per heavy atom. The number of nitrogen functional groups attached to an aromatic ring is 1. The molecule has 0 fully saturated rings. The smallest absolute Gasteiger partial charge is 0.338 e. The summed E-state index contributed by atoms with van der Waals surface area (Å²) >= 11 is 0. The molecule has 0 unspecified atom stereocenters. The lowest BCUT2D eigenvalue weighted by atomic mass is 10.1. The molecule has 0 radical (unpaired) electrons. The average Bonchev–Trinajstić information content (AvgIpc) is 2.58. The second-order valence-corrected chi connectivity index (χ2v) is 2.69. The van der Waals surface area contributed by atoms with E-state index >= 15 is 0 Å². The normalized spacial score (nSPS) is 12.9. The molecular formula is C8H6FNO4. The number of ether oxygens (including phenoxy) is 2. The molecule has 0 amide bonds. The van der Waals surface area contributed by atoms with Crippen LogP contribution in [0.15, 0.2) is 6.07 Å². The molecule has 1 heterocycles. The lowest BCUT2D eigenvalue weighted by Gasteiger charge is -2.04. The molecular weight excluding hydrogens is 193 g/mol. The van der Waals surface area contributed by atoms with Crippen molar-refractivity contribution in [2.75, 3.05) is 12.5 Å². The number of aromatic carboxylic acids is 1. The minimum absolute atomic E-state index is 0.0625. The number of anilines is 1. The van der Waals surface area contributed by atoms with E-state index in [4.69, 9.17) is 20.3 Å². The van der Waals surface area contributed by atoms with Crippen LogP contribution in [0, 0.1) is 5.82 Å². The average molecular weight is 199 g/mol. The monoisotopic (exact) mass is 199 g/mol. The van der Waals surface area contributed by atoms with E-state index in [1.807, 2.05) is 0 Å². The van der Waals surface area contributed by atoms with Gasteiger partial charge in [-0.05, 0) is 0 Å². The molecule has 0 bridgehead atoms. The molecule has 0 saturated carbocycles. The van der Waals surface area contributed by atoms with Crippen molar-refractivity contribution in [3.8, 4) is 11.5 Å². The van der Waals surface area contributed by atoms with Gasteiger partial charge in [0.05, 0.1) is 0 Å². The van der Waals surface area contributed by atoms with Crippen LogP contribution in [0.4, 0.5) is 10.1 Å². The summed E-state index contributed by atoms with van der Waals surface area (Å²) in [5.41, 5.74) is 4.47. The van der Waals surface area contributed by atoms with E-state index in [2.05, 4.69) is 0 Å². The molecule has 6 heteroatoms. The summed E-state index contributed by atoms with van der Waals surface area (Å²) in [4.78, 5) is 10.6. The molecule has 0 atom stereocenters. The number of rotatable bonds is 1. The first-order chi connectivity index (χ1) is 6.61. The van der Waals surface area contributed by atoms with Crippen molar-refractivity contribution in [1.82, 2.24) is 0 Å². The van der Waals surface area contributed by atoms with E-state index in [9.17, 15) is 9.18 Å². The Morgan fingerprint density at radius 3 is 2.93 bits per heavy atom. The van der Waals surface area contributed by atoms with Crippen LogP contribution in [0.25, 0.3) is 0 Å². The summed E-state index contributed by atoms with van der Waals surface area (Å²) in [5.74, 6) is -2.18. The number of halogens is 1. The lowest BCUT2D eigenvalue weighted by molar-refractivity contribution is 0.0691. The molecule has 0 aromatic heterocycles. The number of nitrogens with two attached hydrogens (primary N) is 1. The van der Waals surface area contributed by atoms with Crippen LogP contribution in [-0.4, -0.2) is 17.9 Å². The lowest BCUT2D eigenvalue weighted by Crippen LogP contribution is -2.04. The first-order valence-corrected chi connectivity index (χ1v) is 3.72. The highest BCUT2D eigenvalue weighted by Gasteiger charge is 2.25. The van der Waals surface area contributed by atoms with Gasteiger partial charge in [-0.25, -0.2) is 9.18 Å². The molecule has 1 aliphatic rings. The topological polar surface area (TPSA) is 81.8 Å². The Morgan fingerprint density at radius 2 is 2.29 bits per heavy atom. The standard InChI is InChI=1S/C8H6FNO4/c9-5-3(8(11)12)1-4-7(6(5)10)14-2-13-4/h1H,2,10H2,(H,11,12). The van der Waals surface area contributed by atoms with Gasteiger partial charge in [-0.1, -0.05) is 0 Å². The fourth-order valence-electron chi connectivity index (χ4n) is 1.20. The van der Waals surface area contributed by atoms with Gasteiger partial charge in [-0.15, -0.1) is 0 Å². The minimum atomic E-state index is -1.40. The molecule has 3 N–H and O–H groups in total. The number of benzene rings is 1. The van der Waals surface area contributed by atoms with E-state index in [0.717, 1.165) is 6.07 Å². The van der Waals surface area contributed by atoms with Gasteiger partial charge in [0.25, 0.3) is 0 Å². The molecule has 5 nitrogen and oxygen atoms in total. The van der Waals surface area contributed by atoms with Gasteiger partial charge in [-0.3, -0.25) is 0 Å². The highest BCUT2D eigenvalue weighted by atomic mass is 19.1. The Bertz CT molecular complexity index is 418. The van der Waals surface area contributed by atoms with Crippen molar-refractivity contribution < 1.29 is 23.8 Å². The number of fused-ring (bicyclic) bond motifs is 1. The van der Waals surface area contributed by atoms with E-state index < -0.39 is 17.3 Å². The predicted octanol–water partition coefficient (Wildman–Crippen LogP) is 0.835. The molecule has 1 aromatic carbocycles. The van der Waals surface area contributed by atoms with Gasteiger partial charge in [0.1, 0.15) is 11.3 Å². The van der Waals surface area contributed by atoms with Gasteiger partial charge in [0.15, 0.2) is 17.3 Å². The van der Waals surface area contributed by atoms with Crippen molar-refractivity contribution >= 4 is 11.7 Å². The Kier molecular flexibility index (Phi) is 1.70. The van der Waals surface area contributed by atoms with Crippen LogP contribution in [-0.2, 0) is 0 Å². The van der Waals surface area contributed by atoms with E-state index in [1.165, 1.54) is 0 Å². The number of hydrogen-bond donors (Lipinski definition) is 2. The summed E-state index contributed by atoms with van der Waals surface area (Å²) in [6.45, 7) is -0.0813. The molecule has 1 aromatic rings. The summed E-state index contributed by atoms with van der Waals surface area (Å²) in [6.07, 6.45) is 0. The van der Waals surface area contributed by atoms with Crippen LogP contribution in [0.2, 0.25) is 0 Å². The minimum Gasteiger partial charge on any atom is -0.478 e. The number of carbonyl (C=O) groups is 1. The number of carboxylic acids is 1. The highest BCUT2D eigenvalue weighted by Crippen LogP contribution is 2.40. The zero-order chi connectivity index (χ0) is 10.3. The highest BCUT2D eigenvalue weighted by molar-refractivity contribution is 5.91. The first-order valence-electron chi connectivity index (χ1n) is 3.72. The fraction of sp³-hybridized carbons (Fsp3) is 0.125. The molecule has 0 spiro atoms.